The minimum atomic E-state index is -0.239. The summed E-state index contributed by atoms with van der Waals surface area (Å²) >= 11 is 0. The first-order valence-corrected chi connectivity index (χ1v) is 8.10. The molecule has 2 aliphatic rings. The number of carbonyl (C=O) groups excluding carboxylic acids is 1. The van der Waals surface area contributed by atoms with E-state index in [0.29, 0.717) is 39.4 Å². The Morgan fingerprint density at radius 2 is 1.61 bits per heavy atom. The highest BCUT2D eigenvalue weighted by molar-refractivity contribution is 5.74. The Balaban J connectivity index is 1.57. The Kier molecular flexibility index (Phi) is 5.11. The van der Waals surface area contributed by atoms with E-state index in [9.17, 15) is 10.1 Å². The molecule has 2 aliphatic heterocycles. The van der Waals surface area contributed by atoms with Gasteiger partial charge in [0.05, 0.1) is 19.3 Å². The van der Waals surface area contributed by atoms with Crippen molar-refractivity contribution in [2.75, 3.05) is 52.5 Å². The monoisotopic (exact) mass is 314 g/mol. The fraction of sp³-hybridized carbons (Fsp3) is 0.529. The Bertz CT molecular complexity index is 558. The first kappa shape index (κ1) is 15.8. The number of hydrogen-bond acceptors (Lipinski definition) is 4. The summed E-state index contributed by atoms with van der Waals surface area (Å²) in [5.41, 5.74) is 1.02. The van der Waals surface area contributed by atoms with Crippen LogP contribution in [0.25, 0.3) is 0 Å². The fourth-order valence-electron chi connectivity index (χ4n) is 3.13. The SMILES string of the molecule is N#C[C@@H](c1ccccc1)N1CCN(C(=O)N2CCOCC2)CC1. The second-order valence-corrected chi connectivity index (χ2v) is 5.85. The summed E-state index contributed by atoms with van der Waals surface area (Å²) in [6.07, 6.45) is 0. The van der Waals surface area contributed by atoms with Crippen molar-refractivity contribution in [1.29, 1.82) is 5.26 Å². The third-order valence-corrected chi connectivity index (χ3v) is 4.47. The normalized spacial score (nSPS) is 20.8. The number of ether oxygens (including phenoxy) is 1. The third-order valence-electron chi connectivity index (χ3n) is 4.47. The molecule has 2 amide bonds. The van der Waals surface area contributed by atoms with Crippen LogP contribution in [0.15, 0.2) is 30.3 Å². The molecule has 0 bridgehead atoms. The number of nitrogens with zero attached hydrogens (tertiary/aromatic N) is 4. The molecule has 2 fully saturated rings. The highest BCUT2D eigenvalue weighted by atomic mass is 16.5. The van der Waals surface area contributed by atoms with Crippen LogP contribution in [0, 0.1) is 11.3 Å². The molecule has 23 heavy (non-hydrogen) atoms. The van der Waals surface area contributed by atoms with Gasteiger partial charge in [0.2, 0.25) is 0 Å². The van der Waals surface area contributed by atoms with Crippen LogP contribution in [0.2, 0.25) is 0 Å². The van der Waals surface area contributed by atoms with Crippen LogP contribution in [0.5, 0.6) is 0 Å². The van der Waals surface area contributed by atoms with E-state index in [1.165, 1.54) is 0 Å². The van der Waals surface area contributed by atoms with E-state index in [0.717, 1.165) is 18.7 Å². The van der Waals surface area contributed by atoms with Crippen molar-refractivity contribution < 1.29 is 9.53 Å². The number of benzene rings is 1. The van der Waals surface area contributed by atoms with Crippen molar-refractivity contribution >= 4 is 6.03 Å². The summed E-state index contributed by atoms with van der Waals surface area (Å²) in [6, 6.07) is 12.1. The van der Waals surface area contributed by atoms with Crippen LogP contribution in [0.1, 0.15) is 11.6 Å². The number of hydrogen-bond donors (Lipinski definition) is 0. The molecule has 3 rings (SSSR count). The van der Waals surface area contributed by atoms with E-state index in [4.69, 9.17) is 4.74 Å². The average Bonchev–Trinajstić information content (AvgIpc) is 2.64. The molecule has 1 atom stereocenters. The molecule has 6 heteroatoms. The number of urea groups is 1. The molecular weight excluding hydrogens is 292 g/mol. The predicted molar refractivity (Wildman–Crippen MR) is 85.7 cm³/mol. The molecule has 1 aromatic rings. The van der Waals surface area contributed by atoms with Crippen molar-refractivity contribution in [3.8, 4) is 6.07 Å². The highest BCUT2D eigenvalue weighted by Gasteiger charge is 2.29. The Labute approximate surface area is 136 Å². The molecular formula is C17H22N4O2. The number of amides is 2. The second kappa shape index (κ2) is 7.44. The van der Waals surface area contributed by atoms with Gasteiger partial charge in [-0.15, -0.1) is 0 Å². The maximum atomic E-state index is 12.5. The highest BCUT2D eigenvalue weighted by Crippen LogP contribution is 2.21. The second-order valence-electron chi connectivity index (χ2n) is 5.85. The lowest BCUT2D eigenvalue weighted by atomic mass is 10.1. The Hall–Kier alpha value is -2.10. The van der Waals surface area contributed by atoms with Gasteiger partial charge in [0, 0.05) is 39.3 Å². The van der Waals surface area contributed by atoms with Crippen molar-refractivity contribution in [1.82, 2.24) is 14.7 Å². The molecule has 1 aromatic carbocycles. The molecule has 0 N–H and O–H groups in total. The van der Waals surface area contributed by atoms with E-state index in [1.54, 1.807) is 0 Å². The number of morpholine rings is 1. The molecule has 0 radical (unpaired) electrons. The van der Waals surface area contributed by atoms with Gasteiger partial charge in [-0.1, -0.05) is 30.3 Å². The molecule has 122 valence electrons. The summed E-state index contributed by atoms with van der Waals surface area (Å²) in [5.74, 6) is 0. The topological polar surface area (TPSA) is 59.8 Å². The maximum absolute atomic E-state index is 12.5. The standard InChI is InChI=1S/C17H22N4O2/c18-14-16(15-4-2-1-3-5-15)19-6-8-20(9-7-19)17(22)21-10-12-23-13-11-21/h1-5,16H,6-13H2/t16-/m0/s1. The van der Waals surface area contributed by atoms with Gasteiger partial charge in [0.15, 0.2) is 0 Å². The molecule has 0 aromatic heterocycles. The lowest BCUT2D eigenvalue weighted by Gasteiger charge is -2.39. The molecule has 0 aliphatic carbocycles. The van der Waals surface area contributed by atoms with Gasteiger partial charge in [-0.05, 0) is 5.56 Å². The van der Waals surface area contributed by atoms with Crippen molar-refractivity contribution in [2.24, 2.45) is 0 Å². The van der Waals surface area contributed by atoms with Crippen LogP contribution in [0.4, 0.5) is 4.79 Å². The summed E-state index contributed by atoms with van der Waals surface area (Å²) < 4.78 is 5.29. The van der Waals surface area contributed by atoms with Gasteiger partial charge in [-0.2, -0.15) is 5.26 Å². The van der Waals surface area contributed by atoms with Gasteiger partial charge in [0.25, 0.3) is 0 Å². The summed E-state index contributed by atoms with van der Waals surface area (Å²) in [6.45, 7) is 5.37. The van der Waals surface area contributed by atoms with Crippen LogP contribution in [0.3, 0.4) is 0 Å². The zero-order chi connectivity index (χ0) is 16.1. The van der Waals surface area contributed by atoms with E-state index in [1.807, 2.05) is 40.1 Å². The minimum absolute atomic E-state index is 0.0983. The molecule has 2 saturated heterocycles. The largest absolute Gasteiger partial charge is 0.378 e. The van der Waals surface area contributed by atoms with Crippen LogP contribution < -0.4 is 0 Å². The minimum Gasteiger partial charge on any atom is -0.378 e. The maximum Gasteiger partial charge on any atom is 0.320 e. The molecule has 0 unspecified atom stereocenters. The van der Waals surface area contributed by atoms with Crippen molar-refractivity contribution in [2.45, 2.75) is 6.04 Å². The smallest absolute Gasteiger partial charge is 0.320 e. The lowest BCUT2D eigenvalue weighted by molar-refractivity contribution is 0.0363. The fourth-order valence-corrected chi connectivity index (χ4v) is 3.13. The van der Waals surface area contributed by atoms with Gasteiger partial charge in [-0.3, -0.25) is 4.90 Å². The first-order valence-electron chi connectivity index (χ1n) is 8.10. The number of nitriles is 1. The predicted octanol–water partition coefficient (Wildman–Crippen LogP) is 1.32. The number of rotatable bonds is 2. The van der Waals surface area contributed by atoms with Crippen LogP contribution >= 0.6 is 0 Å². The summed E-state index contributed by atoms with van der Waals surface area (Å²) in [7, 11) is 0. The number of piperazine rings is 1. The van der Waals surface area contributed by atoms with E-state index in [-0.39, 0.29) is 12.1 Å². The number of carbonyl (C=O) groups is 1. The Morgan fingerprint density at radius 1 is 1.00 bits per heavy atom. The molecule has 0 spiro atoms. The molecule has 2 heterocycles. The van der Waals surface area contributed by atoms with E-state index in [2.05, 4.69) is 11.0 Å². The molecule has 6 nitrogen and oxygen atoms in total. The van der Waals surface area contributed by atoms with Crippen molar-refractivity contribution in [3.05, 3.63) is 35.9 Å². The zero-order valence-corrected chi connectivity index (χ0v) is 13.2. The van der Waals surface area contributed by atoms with Gasteiger partial charge < -0.3 is 14.5 Å². The zero-order valence-electron chi connectivity index (χ0n) is 13.2. The van der Waals surface area contributed by atoms with Crippen molar-refractivity contribution in [3.63, 3.8) is 0 Å². The van der Waals surface area contributed by atoms with E-state index >= 15 is 0 Å². The van der Waals surface area contributed by atoms with Crippen LogP contribution in [-0.2, 0) is 4.74 Å². The summed E-state index contributed by atoms with van der Waals surface area (Å²) in [4.78, 5) is 18.4. The van der Waals surface area contributed by atoms with E-state index < -0.39 is 0 Å². The molecule has 0 saturated carbocycles. The van der Waals surface area contributed by atoms with Gasteiger partial charge in [0.1, 0.15) is 6.04 Å². The van der Waals surface area contributed by atoms with Crippen LogP contribution in [-0.4, -0.2) is 73.2 Å². The summed E-state index contributed by atoms with van der Waals surface area (Å²) in [5, 5.41) is 9.52. The average molecular weight is 314 g/mol. The van der Waals surface area contributed by atoms with Gasteiger partial charge in [-0.25, -0.2) is 4.79 Å². The first-order chi connectivity index (χ1) is 11.3. The Morgan fingerprint density at radius 3 is 2.22 bits per heavy atom. The van der Waals surface area contributed by atoms with Gasteiger partial charge >= 0.3 is 6.03 Å². The lowest BCUT2D eigenvalue weighted by Crippen LogP contribution is -2.55. The third kappa shape index (κ3) is 3.63. The quantitative estimate of drug-likeness (QED) is 0.826.